The van der Waals surface area contributed by atoms with E-state index in [-0.39, 0.29) is 29.0 Å². The Labute approximate surface area is 166 Å². The smallest absolute Gasteiger partial charge is 0.164 e. The molecule has 1 saturated heterocycles. The number of aliphatic hydroxyl groups excluding tert-OH is 1. The van der Waals surface area contributed by atoms with E-state index in [1.807, 2.05) is 32.9 Å². The Hall–Kier alpha value is -1.01. The minimum Gasteiger partial charge on any atom is -0.386 e. The summed E-state index contributed by atoms with van der Waals surface area (Å²) in [5, 5.41) is 23.4. The van der Waals surface area contributed by atoms with Crippen LogP contribution in [0.2, 0.25) is 0 Å². The van der Waals surface area contributed by atoms with Crippen LogP contribution in [0.3, 0.4) is 0 Å². The highest BCUT2D eigenvalue weighted by Gasteiger charge is 2.76. The first-order valence-corrected chi connectivity index (χ1v) is 10.5. The third-order valence-corrected chi connectivity index (χ3v) is 8.71. The minimum atomic E-state index is -1.71. The first kappa shape index (κ1) is 19.0. The molecule has 2 saturated carbocycles. The van der Waals surface area contributed by atoms with Crippen LogP contribution in [-0.2, 0) is 14.3 Å². The number of carbonyl (C=O) groups excluding carboxylic acids is 1. The van der Waals surface area contributed by atoms with E-state index < -0.39 is 29.0 Å². The molecule has 0 aromatic carbocycles. The molecule has 5 nitrogen and oxygen atoms in total. The summed E-state index contributed by atoms with van der Waals surface area (Å²) in [7, 11) is 0. The maximum absolute atomic E-state index is 14.1. The van der Waals surface area contributed by atoms with Crippen LogP contribution in [0.4, 0.5) is 0 Å². The molecule has 5 unspecified atom stereocenters. The highest BCUT2D eigenvalue weighted by molar-refractivity contribution is 5.95. The van der Waals surface area contributed by atoms with E-state index in [9.17, 15) is 15.0 Å². The van der Waals surface area contributed by atoms with Crippen LogP contribution in [0.5, 0.6) is 0 Å². The number of Topliss-reactive ketones (excluding diaryl/α,β-unsaturated/α-hetero) is 1. The summed E-state index contributed by atoms with van der Waals surface area (Å²) >= 11 is 0. The van der Waals surface area contributed by atoms with Crippen molar-refractivity contribution in [1.82, 2.24) is 0 Å². The van der Waals surface area contributed by atoms with Crippen molar-refractivity contribution in [1.29, 1.82) is 0 Å². The molecule has 5 heteroatoms. The number of rotatable bonds is 0. The summed E-state index contributed by atoms with van der Waals surface area (Å²) in [6, 6.07) is 0. The maximum Gasteiger partial charge on any atom is 0.164 e. The number of hydrogen-bond acceptors (Lipinski definition) is 5. The van der Waals surface area contributed by atoms with Gasteiger partial charge >= 0.3 is 0 Å². The lowest BCUT2D eigenvalue weighted by molar-refractivity contribution is -0.303. The second-order valence-electron chi connectivity index (χ2n) is 10.9. The van der Waals surface area contributed by atoms with E-state index in [0.29, 0.717) is 18.1 Å². The third-order valence-electron chi connectivity index (χ3n) is 8.71. The van der Waals surface area contributed by atoms with Gasteiger partial charge in [-0.2, -0.15) is 0 Å². The summed E-state index contributed by atoms with van der Waals surface area (Å²) in [5.41, 5.74) is -1.29. The molecule has 2 N–H and O–H groups in total. The van der Waals surface area contributed by atoms with Crippen LogP contribution >= 0.6 is 0 Å². The van der Waals surface area contributed by atoms with Gasteiger partial charge in [0, 0.05) is 5.92 Å². The van der Waals surface area contributed by atoms with Gasteiger partial charge in [0.05, 0.1) is 12.0 Å². The Kier molecular flexibility index (Phi) is 3.51. The molecule has 5 aliphatic rings. The van der Waals surface area contributed by atoms with Crippen molar-refractivity contribution >= 4 is 5.78 Å². The summed E-state index contributed by atoms with van der Waals surface area (Å²) < 4.78 is 12.1. The van der Waals surface area contributed by atoms with Gasteiger partial charge in [0.15, 0.2) is 11.6 Å². The number of allylic oxidation sites excluding steroid dienone is 1. The van der Waals surface area contributed by atoms with Gasteiger partial charge in [-0.15, -0.1) is 0 Å². The minimum absolute atomic E-state index is 0.0415. The molecule has 1 aliphatic heterocycles. The summed E-state index contributed by atoms with van der Waals surface area (Å²) in [6.45, 7) is 12.3. The number of aliphatic hydroxyl groups is 2. The fourth-order valence-corrected chi connectivity index (χ4v) is 7.14. The van der Waals surface area contributed by atoms with Crippen LogP contribution in [-0.4, -0.2) is 46.2 Å². The molecule has 8 atom stereocenters. The number of ether oxygens (including phenoxy) is 2. The average Bonchev–Trinajstić information content (AvgIpc) is 3.10. The first-order valence-electron chi connectivity index (χ1n) is 10.5. The number of fused-ring (bicyclic) bond motifs is 5. The Morgan fingerprint density at radius 1 is 1.21 bits per heavy atom. The molecular formula is C23H32O5. The second-order valence-corrected chi connectivity index (χ2v) is 10.9. The lowest BCUT2D eigenvalue weighted by Gasteiger charge is -2.52. The zero-order valence-corrected chi connectivity index (χ0v) is 17.7. The quantitative estimate of drug-likeness (QED) is 0.624. The molecule has 2 bridgehead atoms. The molecule has 4 aliphatic carbocycles. The number of carbonyl (C=O) groups is 1. The van der Waals surface area contributed by atoms with E-state index in [0.717, 1.165) is 12.0 Å². The third kappa shape index (κ3) is 1.95. The molecule has 1 spiro atoms. The normalized spacial score (nSPS) is 53.1. The second kappa shape index (κ2) is 5.18. The molecule has 0 radical (unpaired) electrons. The van der Waals surface area contributed by atoms with Crippen molar-refractivity contribution in [2.24, 2.45) is 34.5 Å². The van der Waals surface area contributed by atoms with Gasteiger partial charge in [-0.05, 0) is 61.5 Å². The molecule has 5 rings (SSSR count). The van der Waals surface area contributed by atoms with Gasteiger partial charge in [0.25, 0.3) is 0 Å². The molecule has 1 heterocycles. The van der Waals surface area contributed by atoms with Gasteiger partial charge in [0.1, 0.15) is 17.8 Å². The molecule has 3 fully saturated rings. The Bertz CT molecular complexity index is 823. The molecule has 154 valence electrons. The van der Waals surface area contributed by atoms with Crippen molar-refractivity contribution in [2.45, 2.75) is 71.6 Å². The monoisotopic (exact) mass is 388 g/mol. The Morgan fingerprint density at radius 3 is 2.57 bits per heavy atom. The summed E-state index contributed by atoms with van der Waals surface area (Å²) in [5.74, 6) is -0.504. The number of ketones is 1. The van der Waals surface area contributed by atoms with E-state index >= 15 is 0 Å². The van der Waals surface area contributed by atoms with Crippen LogP contribution in [0, 0.1) is 34.5 Å². The molecular weight excluding hydrogens is 356 g/mol. The lowest BCUT2D eigenvalue weighted by atomic mass is 9.59. The zero-order valence-electron chi connectivity index (χ0n) is 17.7. The highest BCUT2D eigenvalue weighted by Crippen LogP contribution is 2.72. The Morgan fingerprint density at radius 2 is 1.89 bits per heavy atom. The molecule has 0 aromatic heterocycles. The molecule has 0 amide bonds. The van der Waals surface area contributed by atoms with Gasteiger partial charge in [-0.3, -0.25) is 4.79 Å². The van der Waals surface area contributed by atoms with Crippen molar-refractivity contribution in [3.05, 3.63) is 23.3 Å². The fourth-order valence-electron chi connectivity index (χ4n) is 7.14. The van der Waals surface area contributed by atoms with Crippen molar-refractivity contribution in [3.63, 3.8) is 0 Å². The van der Waals surface area contributed by atoms with Gasteiger partial charge in [-0.25, -0.2) is 0 Å². The van der Waals surface area contributed by atoms with E-state index in [4.69, 9.17) is 9.47 Å². The van der Waals surface area contributed by atoms with Crippen LogP contribution in [0.25, 0.3) is 0 Å². The number of hydrogen-bond donors (Lipinski definition) is 2. The molecule has 0 aromatic rings. The predicted molar refractivity (Wildman–Crippen MR) is 103 cm³/mol. The van der Waals surface area contributed by atoms with E-state index in [1.54, 1.807) is 0 Å². The predicted octanol–water partition coefficient (Wildman–Crippen LogP) is 2.61. The standard InChI is InChI=1S/C23H32O5/c1-11-9-22-12(2)7-15-16(20(15,3)4)14(18(22)25)8-13-10-27-21(5,6)28-19(13)23(22,26)17(11)24/h8-9,12,14-17,19,24,26H,7,10H2,1-6H3/t12?,14-,15?,16?,17?,19+,22-,23?/m0/s1. The van der Waals surface area contributed by atoms with Gasteiger partial charge in [0.2, 0.25) is 0 Å². The lowest BCUT2D eigenvalue weighted by Crippen LogP contribution is -2.67. The average molecular weight is 389 g/mol. The first-order chi connectivity index (χ1) is 12.9. The van der Waals surface area contributed by atoms with Crippen LogP contribution < -0.4 is 0 Å². The summed E-state index contributed by atoms with van der Waals surface area (Å²) in [6.07, 6.45) is 2.85. The van der Waals surface area contributed by atoms with Crippen LogP contribution in [0.15, 0.2) is 23.3 Å². The van der Waals surface area contributed by atoms with Crippen molar-refractivity contribution in [3.8, 4) is 0 Å². The van der Waals surface area contributed by atoms with Crippen LogP contribution in [0.1, 0.15) is 48.0 Å². The maximum atomic E-state index is 14.1. The van der Waals surface area contributed by atoms with Crippen molar-refractivity contribution < 1.29 is 24.5 Å². The highest BCUT2D eigenvalue weighted by atomic mass is 16.7. The molecule has 28 heavy (non-hydrogen) atoms. The van der Waals surface area contributed by atoms with E-state index in [1.165, 1.54) is 0 Å². The SMILES string of the molecule is CC1=C[C@]23C(=O)[C@@H](C=C4COC(C)(C)O[C@H]4C2(O)C1O)C1C(CC3C)C1(C)C. The summed E-state index contributed by atoms with van der Waals surface area (Å²) in [4.78, 5) is 14.1. The topological polar surface area (TPSA) is 76.0 Å². The van der Waals surface area contributed by atoms with Gasteiger partial charge in [-0.1, -0.05) is 32.9 Å². The van der Waals surface area contributed by atoms with Crippen molar-refractivity contribution in [2.75, 3.05) is 6.61 Å². The van der Waals surface area contributed by atoms with Gasteiger partial charge < -0.3 is 19.7 Å². The zero-order chi connectivity index (χ0) is 20.4. The Balaban J connectivity index is 1.77. The fraction of sp³-hybridized carbons (Fsp3) is 0.783. The largest absolute Gasteiger partial charge is 0.386 e. The van der Waals surface area contributed by atoms with E-state index in [2.05, 4.69) is 20.8 Å².